The zero-order valence-corrected chi connectivity index (χ0v) is 26.4. The lowest BCUT2D eigenvalue weighted by atomic mass is 10.2. The Morgan fingerprint density at radius 1 is 0.511 bits per heavy atom. The molecule has 1 atom stereocenters. The lowest BCUT2D eigenvalue weighted by molar-refractivity contribution is -0.169. The number of carbonyl (C=O) groups excluding carboxylic acids is 1. The van der Waals surface area contributed by atoms with Gasteiger partial charge in [0, 0.05) is 6.61 Å². The van der Waals surface area contributed by atoms with E-state index < -0.39 is 47.2 Å². The number of esters is 1. The van der Waals surface area contributed by atoms with E-state index in [0.717, 1.165) is 25.9 Å². The summed E-state index contributed by atoms with van der Waals surface area (Å²) in [6.07, 6.45) is 2.60. The van der Waals surface area contributed by atoms with Crippen LogP contribution >= 0.6 is 0 Å². The highest BCUT2D eigenvalue weighted by Crippen LogP contribution is 2.29. The number of benzene rings is 1. The van der Waals surface area contributed by atoms with Gasteiger partial charge in [0.15, 0.2) is 6.29 Å². The van der Waals surface area contributed by atoms with Crippen LogP contribution in [-0.4, -0.2) is 131 Å². The van der Waals surface area contributed by atoms with E-state index in [4.69, 9.17) is 47.4 Å². The first kappa shape index (κ1) is 41.1. The van der Waals surface area contributed by atoms with E-state index in [1.165, 1.54) is 0 Å². The molecule has 12 nitrogen and oxygen atoms in total. The van der Waals surface area contributed by atoms with E-state index in [0.29, 0.717) is 85.9 Å². The van der Waals surface area contributed by atoms with Crippen LogP contribution in [0.5, 0.6) is 5.75 Å². The van der Waals surface area contributed by atoms with Crippen LogP contribution in [0.4, 0.5) is 22.0 Å². The molecule has 1 aliphatic rings. The molecular formula is C30H45F5O12. The minimum Gasteiger partial charge on any atom is -0.420 e. The molecule has 0 saturated carbocycles. The van der Waals surface area contributed by atoms with Gasteiger partial charge in [0.05, 0.1) is 119 Å². The van der Waals surface area contributed by atoms with Gasteiger partial charge in [-0.15, -0.1) is 0 Å². The second kappa shape index (κ2) is 26.8. The molecule has 0 bridgehead atoms. The van der Waals surface area contributed by atoms with Gasteiger partial charge in [0.25, 0.3) is 0 Å². The summed E-state index contributed by atoms with van der Waals surface area (Å²) in [5, 5.41) is 0. The molecule has 1 fully saturated rings. The molecule has 1 heterocycles. The summed E-state index contributed by atoms with van der Waals surface area (Å²) in [6.45, 7) is 6.80. The molecule has 0 radical (unpaired) electrons. The van der Waals surface area contributed by atoms with Crippen molar-refractivity contribution in [2.45, 2.75) is 32.0 Å². The van der Waals surface area contributed by atoms with Crippen LogP contribution in [0.1, 0.15) is 25.7 Å². The van der Waals surface area contributed by atoms with Crippen LogP contribution in [0.15, 0.2) is 0 Å². The van der Waals surface area contributed by atoms with Crippen molar-refractivity contribution in [1.29, 1.82) is 0 Å². The zero-order chi connectivity index (χ0) is 34.0. The van der Waals surface area contributed by atoms with Crippen LogP contribution in [0, 0.1) is 29.1 Å². The Bertz CT molecular complexity index is 943. The van der Waals surface area contributed by atoms with Crippen molar-refractivity contribution in [3.8, 4) is 5.75 Å². The maximum atomic E-state index is 13.5. The minimum atomic E-state index is -2.35. The van der Waals surface area contributed by atoms with Gasteiger partial charge in [-0.25, -0.2) is 13.2 Å². The van der Waals surface area contributed by atoms with Crippen molar-refractivity contribution < 1.29 is 78.9 Å². The Balaban J connectivity index is 1.23. The highest BCUT2D eigenvalue weighted by atomic mass is 19.2. The largest absolute Gasteiger partial charge is 0.420 e. The molecule has 1 aromatic carbocycles. The van der Waals surface area contributed by atoms with Crippen molar-refractivity contribution in [2.75, 3.05) is 119 Å². The number of hydrogen-bond donors (Lipinski definition) is 0. The van der Waals surface area contributed by atoms with Crippen molar-refractivity contribution >= 4 is 5.97 Å². The summed E-state index contributed by atoms with van der Waals surface area (Å²) >= 11 is 0. The molecule has 0 amide bonds. The predicted molar refractivity (Wildman–Crippen MR) is 153 cm³/mol. The number of ether oxygens (including phenoxy) is 11. The second-order valence-corrected chi connectivity index (χ2v) is 9.69. The predicted octanol–water partition coefficient (Wildman–Crippen LogP) is 3.35. The summed E-state index contributed by atoms with van der Waals surface area (Å²) < 4.78 is 125. The van der Waals surface area contributed by atoms with Crippen molar-refractivity contribution in [3.05, 3.63) is 29.1 Å². The Labute approximate surface area is 270 Å². The first-order chi connectivity index (χ1) is 22.9. The van der Waals surface area contributed by atoms with Gasteiger partial charge in [-0.05, 0) is 19.3 Å². The summed E-state index contributed by atoms with van der Waals surface area (Å²) in [5.41, 5.74) is 0. The van der Waals surface area contributed by atoms with Gasteiger partial charge in [-0.2, -0.15) is 8.78 Å². The average Bonchev–Trinajstić information content (AvgIpc) is 3.08. The molecule has 47 heavy (non-hydrogen) atoms. The van der Waals surface area contributed by atoms with Crippen LogP contribution < -0.4 is 4.74 Å². The fourth-order valence-electron chi connectivity index (χ4n) is 3.72. The Morgan fingerprint density at radius 3 is 1.26 bits per heavy atom. The molecule has 17 heteroatoms. The van der Waals surface area contributed by atoms with Crippen LogP contribution in [-0.2, 0) is 52.2 Å². The maximum Gasteiger partial charge on any atom is 0.313 e. The maximum absolute atomic E-state index is 13.5. The average molecular weight is 693 g/mol. The Morgan fingerprint density at radius 2 is 0.872 bits per heavy atom. The lowest BCUT2D eigenvalue weighted by Crippen LogP contribution is -2.24. The Hall–Kier alpha value is -2.06. The molecule has 272 valence electrons. The van der Waals surface area contributed by atoms with Gasteiger partial charge in [-0.1, -0.05) is 0 Å². The third kappa shape index (κ3) is 18.9. The summed E-state index contributed by atoms with van der Waals surface area (Å²) in [7, 11) is 0. The standard InChI is InChI=1S/C30H45F5O12/c31-25-26(32)28(34)30(29(35)27(25)33)47-23(36)4-6-37-7-8-38-9-10-39-11-12-40-13-14-41-15-16-42-17-18-43-19-20-44-21-22-46-24-3-1-2-5-45-24/h24H,1-22H2. The number of hydrogen-bond acceptors (Lipinski definition) is 12. The first-order valence-corrected chi connectivity index (χ1v) is 15.5. The molecule has 1 unspecified atom stereocenters. The smallest absolute Gasteiger partial charge is 0.313 e. The Kier molecular flexibility index (Phi) is 23.5. The molecule has 1 aromatic rings. The fourth-order valence-corrected chi connectivity index (χ4v) is 3.72. The third-order valence-electron chi connectivity index (χ3n) is 6.11. The highest BCUT2D eigenvalue weighted by molar-refractivity contribution is 5.72. The van der Waals surface area contributed by atoms with Crippen LogP contribution in [0.3, 0.4) is 0 Å². The monoisotopic (exact) mass is 692 g/mol. The van der Waals surface area contributed by atoms with E-state index in [-0.39, 0.29) is 32.7 Å². The van der Waals surface area contributed by atoms with Crippen LogP contribution in [0.25, 0.3) is 0 Å². The molecule has 0 aliphatic carbocycles. The molecule has 2 rings (SSSR count). The van der Waals surface area contributed by atoms with E-state index in [9.17, 15) is 26.7 Å². The number of carbonyl (C=O) groups is 1. The highest BCUT2D eigenvalue weighted by Gasteiger charge is 2.28. The van der Waals surface area contributed by atoms with Crippen LogP contribution in [0.2, 0.25) is 0 Å². The SMILES string of the molecule is O=C(CCOCCOCCOCCOCCOCCOCCOCCOCCOC1CCCCO1)Oc1c(F)c(F)c(F)c(F)c1F. The molecule has 0 N–H and O–H groups in total. The summed E-state index contributed by atoms with van der Waals surface area (Å²) in [4.78, 5) is 11.6. The number of rotatable bonds is 29. The third-order valence-corrected chi connectivity index (χ3v) is 6.11. The topological polar surface area (TPSA) is 119 Å². The molecule has 0 aromatic heterocycles. The fraction of sp³-hybridized carbons (Fsp3) is 0.767. The van der Waals surface area contributed by atoms with Crippen molar-refractivity contribution in [1.82, 2.24) is 0 Å². The molecule has 1 aliphatic heterocycles. The van der Waals surface area contributed by atoms with Gasteiger partial charge in [0.1, 0.15) is 0 Å². The van der Waals surface area contributed by atoms with Gasteiger partial charge >= 0.3 is 5.97 Å². The van der Waals surface area contributed by atoms with Crippen molar-refractivity contribution in [3.63, 3.8) is 0 Å². The molecule has 0 spiro atoms. The minimum absolute atomic E-state index is 0.0843. The van der Waals surface area contributed by atoms with E-state index >= 15 is 0 Å². The quantitative estimate of drug-likeness (QED) is 0.0306. The van der Waals surface area contributed by atoms with E-state index in [1.54, 1.807) is 0 Å². The van der Waals surface area contributed by atoms with Gasteiger partial charge in [-0.3, -0.25) is 4.79 Å². The number of halogens is 5. The second-order valence-electron chi connectivity index (χ2n) is 9.69. The zero-order valence-electron chi connectivity index (χ0n) is 26.4. The van der Waals surface area contributed by atoms with Crippen molar-refractivity contribution in [2.24, 2.45) is 0 Å². The van der Waals surface area contributed by atoms with Gasteiger partial charge in [0.2, 0.25) is 34.8 Å². The summed E-state index contributed by atoms with van der Waals surface area (Å²) in [6, 6.07) is 0. The van der Waals surface area contributed by atoms with E-state index in [2.05, 4.69) is 4.74 Å². The molecule has 1 saturated heterocycles. The lowest BCUT2D eigenvalue weighted by Gasteiger charge is -2.22. The van der Waals surface area contributed by atoms with Gasteiger partial charge < -0.3 is 52.1 Å². The van der Waals surface area contributed by atoms with E-state index in [1.807, 2.05) is 0 Å². The summed E-state index contributed by atoms with van der Waals surface area (Å²) in [5.74, 6) is -14.1. The first-order valence-electron chi connectivity index (χ1n) is 15.5. The normalized spacial score (nSPS) is 15.0. The molecular weight excluding hydrogens is 647 g/mol.